The van der Waals surface area contributed by atoms with Crippen LogP contribution in [0.2, 0.25) is 0 Å². The monoisotopic (exact) mass is 260 g/mol. The molecule has 6 heteroatoms. The van der Waals surface area contributed by atoms with Gasteiger partial charge >= 0.3 is 0 Å². The average molecular weight is 261 g/mol. The molecule has 70 valence electrons. The van der Waals surface area contributed by atoms with Gasteiger partial charge in [0.2, 0.25) is 0 Å². The molecule has 1 aromatic carbocycles. The third kappa shape index (κ3) is 1.34. The van der Waals surface area contributed by atoms with Gasteiger partial charge in [0.15, 0.2) is 17.5 Å². The normalized spacial score (nSPS) is 9.29. The number of rotatable bonds is 0. The van der Waals surface area contributed by atoms with E-state index < -0.39 is 33.1 Å². The van der Waals surface area contributed by atoms with Crippen LogP contribution in [0.5, 0.6) is 0 Å². The van der Waals surface area contributed by atoms with Crippen molar-refractivity contribution >= 4 is 15.9 Å². The van der Waals surface area contributed by atoms with Crippen molar-refractivity contribution in [2.45, 2.75) is 0 Å². The molecule has 1 aromatic rings. The van der Waals surface area contributed by atoms with E-state index in [4.69, 9.17) is 10.5 Å². The van der Waals surface area contributed by atoms with Gasteiger partial charge in [0.25, 0.3) is 0 Å². The number of halogens is 4. The predicted octanol–water partition coefficient (Wildman–Crippen LogP) is 2.61. The molecule has 0 aliphatic carbocycles. The van der Waals surface area contributed by atoms with Crippen LogP contribution in [0, 0.1) is 40.1 Å². The van der Waals surface area contributed by atoms with Crippen molar-refractivity contribution in [3.8, 4) is 12.1 Å². The molecule has 0 spiro atoms. The summed E-state index contributed by atoms with van der Waals surface area (Å²) in [6, 6.07) is 2.47. The van der Waals surface area contributed by atoms with Crippen molar-refractivity contribution in [1.29, 1.82) is 10.5 Å². The Morgan fingerprint density at radius 1 is 0.857 bits per heavy atom. The molecular weight excluding hydrogens is 261 g/mol. The van der Waals surface area contributed by atoms with Gasteiger partial charge in [0, 0.05) is 0 Å². The van der Waals surface area contributed by atoms with Crippen molar-refractivity contribution < 1.29 is 13.2 Å². The molecule has 0 saturated heterocycles. The molecule has 0 unspecified atom stereocenters. The molecule has 0 saturated carbocycles. The summed E-state index contributed by atoms with van der Waals surface area (Å²) in [6.45, 7) is 0. The van der Waals surface area contributed by atoms with E-state index in [-0.39, 0.29) is 0 Å². The number of nitrogens with zero attached hydrogens (tertiary/aromatic N) is 2. The first-order valence-corrected chi connectivity index (χ1v) is 4.00. The van der Waals surface area contributed by atoms with E-state index in [0.717, 1.165) is 6.07 Å². The Hall–Kier alpha value is -1.53. The second-order valence-corrected chi connectivity index (χ2v) is 3.02. The van der Waals surface area contributed by atoms with Crippen molar-refractivity contribution in [2.24, 2.45) is 0 Å². The number of benzene rings is 1. The molecule has 0 aromatic heterocycles. The van der Waals surface area contributed by atoms with Gasteiger partial charge in [0.05, 0.1) is 4.47 Å². The van der Waals surface area contributed by atoms with Crippen LogP contribution in [-0.2, 0) is 0 Å². The Labute approximate surface area is 85.3 Å². The Morgan fingerprint density at radius 2 is 1.36 bits per heavy atom. The maximum absolute atomic E-state index is 13.1. The number of hydrogen-bond acceptors (Lipinski definition) is 2. The van der Waals surface area contributed by atoms with E-state index in [1.807, 2.05) is 0 Å². The molecule has 0 heterocycles. The van der Waals surface area contributed by atoms with E-state index in [1.165, 1.54) is 6.07 Å². The zero-order valence-corrected chi connectivity index (χ0v) is 7.99. The fraction of sp³-hybridized carbons (Fsp3) is 0. The van der Waals surface area contributed by atoms with Gasteiger partial charge < -0.3 is 0 Å². The Bertz CT molecular complexity index is 444. The lowest BCUT2D eigenvalue weighted by atomic mass is 10.1. The maximum atomic E-state index is 13.1. The minimum Gasteiger partial charge on any atom is -0.204 e. The first kappa shape index (κ1) is 10.6. The molecule has 0 bridgehead atoms. The Kier molecular flexibility index (Phi) is 2.78. The molecule has 14 heavy (non-hydrogen) atoms. The van der Waals surface area contributed by atoms with Crippen molar-refractivity contribution in [1.82, 2.24) is 0 Å². The van der Waals surface area contributed by atoms with Crippen LogP contribution in [-0.4, -0.2) is 0 Å². The quantitative estimate of drug-likeness (QED) is 0.532. The molecule has 0 aliphatic rings. The summed E-state index contributed by atoms with van der Waals surface area (Å²) in [6.07, 6.45) is 0. The van der Waals surface area contributed by atoms with Crippen LogP contribution >= 0.6 is 15.9 Å². The van der Waals surface area contributed by atoms with Crippen molar-refractivity contribution in [2.75, 3.05) is 0 Å². The first-order chi connectivity index (χ1) is 6.54. The summed E-state index contributed by atoms with van der Waals surface area (Å²) in [5, 5.41) is 16.7. The van der Waals surface area contributed by atoms with Crippen LogP contribution in [0.1, 0.15) is 11.1 Å². The van der Waals surface area contributed by atoms with Gasteiger partial charge in [-0.1, -0.05) is 0 Å². The molecule has 0 amide bonds. The third-order valence-electron chi connectivity index (χ3n) is 1.49. The van der Waals surface area contributed by atoms with Crippen molar-refractivity contribution in [3.63, 3.8) is 0 Å². The standard InChI is InChI=1S/C8BrF3N2/c9-5-3(1-13)6(10)4(2-14)7(11)8(5)12. The lowest BCUT2D eigenvalue weighted by Gasteiger charge is -2.02. The highest BCUT2D eigenvalue weighted by Gasteiger charge is 2.23. The molecule has 0 aliphatic heterocycles. The highest BCUT2D eigenvalue weighted by molar-refractivity contribution is 9.10. The highest BCUT2D eigenvalue weighted by atomic mass is 79.9. The summed E-state index contributed by atoms with van der Waals surface area (Å²) in [5.74, 6) is -4.41. The van der Waals surface area contributed by atoms with Gasteiger partial charge in [-0.15, -0.1) is 0 Å². The predicted molar refractivity (Wildman–Crippen MR) is 43.4 cm³/mol. The smallest absolute Gasteiger partial charge is 0.180 e. The lowest BCUT2D eigenvalue weighted by molar-refractivity contribution is 0.485. The largest absolute Gasteiger partial charge is 0.204 e. The van der Waals surface area contributed by atoms with E-state index in [9.17, 15) is 13.2 Å². The lowest BCUT2D eigenvalue weighted by Crippen LogP contribution is -2.00. The van der Waals surface area contributed by atoms with Crippen molar-refractivity contribution in [3.05, 3.63) is 33.1 Å². The maximum Gasteiger partial charge on any atom is 0.180 e. The summed E-state index contributed by atoms with van der Waals surface area (Å²) < 4.78 is 38.3. The Morgan fingerprint density at radius 3 is 1.79 bits per heavy atom. The third-order valence-corrected chi connectivity index (χ3v) is 2.23. The summed E-state index contributed by atoms with van der Waals surface area (Å²) in [5.41, 5.74) is -1.82. The molecule has 0 radical (unpaired) electrons. The topological polar surface area (TPSA) is 47.6 Å². The van der Waals surface area contributed by atoms with Gasteiger partial charge in [0.1, 0.15) is 23.3 Å². The summed E-state index contributed by atoms with van der Waals surface area (Å²) in [7, 11) is 0. The fourth-order valence-electron chi connectivity index (χ4n) is 0.830. The summed E-state index contributed by atoms with van der Waals surface area (Å²) >= 11 is 2.52. The van der Waals surface area contributed by atoms with E-state index >= 15 is 0 Å². The van der Waals surface area contributed by atoms with Crippen LogP contribution in [0.15, 0.2) is 4.47 Å². The van der Waals surface area contributed by atoms with Crippen LogP contribution in [0.25, 0.3) is 0 Å². The second kappa shape index (κ2) is 3.69. The summed E-state index contributed by atoms with van der Waals surface area (Å²) in [4.78, 5) is 0. The van der Waals surface area contributed by atoms with Gasteiger partial charge in [-0.3, -0.25) is 0 Å². The number of hydrogen-bond donors (Lipinski definition) is 0. The minimum absolute atomic E-state index is 0.617. The highest BCUT2D eigenvalue weighted by Crippen LogP contribution is 2.28. The van der Waals surface area contributed by atoms with E-state index in [2.05, 4.69) is 15.9 Å². The molecule has 0 N–H and O–H groups in total. The average Bonchev–Trinajstić information content (AvgIpc) is 2.16. The zero-order chi connectivity index (χ0) is 10.9. The molecule has 1 rings (SSSR count). The molecule has 2 nitrogen and oxygen atoms in total. The van der Waals surface area contributed by atoms with Gasteiger partial charge in [-0.2, -0.15) is 10.5 Å². The van der Waals surface area contributed by atoms with E-state index in [0.29, 0.717) is 0 Å². The van der Waals surface area contributed by atoms with E-state index in [1.54, 1.807) is 0 Å². The molecule has 0 fully saturated rings. The van der Waals surface area contributed by atoms with Gasteiger partial charge in [-0.25, -0.2) is 13.2 Å². The Balaban J connectivity index is 3.78. The van der Waals surface area contributed by atoms with Crippen LogP contribution in [0.3, 0.4) is 0 Å². The first-order valence-electron chi connectivity index (χ1n) is 3.20. The number of nitriles is 2. The van der Waals surface area contributed by atoms with Gasteiger partial charge in [-0.05, 0) is 15.9 Å². The zero-order valence-electron chi connectivity index (χ0n) is 6.41. The fourth-order valence-corrected chi connectivity index (χ4v) is 1.27. The molecular formula is C8BrF3N2. The minimum atomic E-state index is -1.60. The van der Waals surface area contributed by atoms with Crippen LogP contribution in [0.4, 0.5) is 13.2 Å². The van der Waals surface area contributed by atoms with Crippen LogP contribution < -0.4 is 0 Å². The molecule has 0 atom stereocenters. The SMILES string of the molecule is N#Cc1c(F)c(F)c(Br)c(C#N)c1F. The second-order valence-electron chi connectivity index (χ2n) is 2.23.